The Labute approximate surface area is 102 Å². The summed E-state index contributed by atoms with van der Waals surface area (Å²) in [7, 11) is 1.25. The van der Waals surface area contributed by atoms with Crippen LogP contribution in [-0.4, -0.2) is 37.2 Å². The highest BCUT2D eigenvalue weighted by molar-refractivity contribution is 7.12. The minimum atomic E-state index is -0.516. The molecule has 0 atom stereocenters. The maximum absolute atomic E-state index is 11.7. The predicted octanol–water partition coefficient (Wildman–Crippen LogP) is -0.00530. The van der Waals surface area contributed by atoms with Crippen LogP contribution in [0.5, 0.6) is 0 Å². The van der Waals surface area contributed by atoms with Crippen LogP contribution >= 0.6 is 11.3 Å². The molecule has 6 heteroatoms. The van der Waals surface area contributed by atoms with Gasteiger partial charge in [0, 0.05) is 5.56 Å². The number of thiophene rings is 1. The van der Waals surface area contributed by atoms with Crippen molar-refractivity contribution >= 4 is 23.2 Å². The minimum Gasteiger partial charge on any atom is -0.468 e. The van der Waals surface area contributed by atoms with Gasteiger partial charge in [-0.25, -0.2) is 0 Å². The van der Waals surface area contributed by atoms with Gasteiger partial charge in [-0.15, -0.1) is 11.3 Å². The summed E-state index contributed by atoms with van der Waals surface area (Å²) < 4.78 is 4.40. The van der Waals surface area contributed by atoms with Crippen molar-refractivity contribution < 1.29 is 19.4 Å². The molecule has 1 aromatic rings. The van der Waals surface area contributed by atoms with Gasteiger partial charge in [0.05, 0.1) is 7.11 Å². The summed E-state index contributed by atoms with van der Waals surface area (Å²) in [4.78, 5) is 22.9. The molecule has 0 bridgehead atoms. The standard InChI is InChI=1S/C11H11NO4S/c1-16-9(14)7-12-11(15)10-8(3-2-5-13)4-6-17-10/h4,6,13H,5,7H2,1H3,(H,12,15). The van der Waals surface area contributed by atoms with Gasteiger partial charge in [0.1, 0.15) is 18.0 Å². The lowest BCUT2D eigenvalue weighted by molar-refractivity contribution is -0.139. The number of carbonyl (C=O) groups excluding carboxylic acids is 2. The van der Waals surface area contributed by atoms with Crippen LogP contribution in [0.25, 0.3) is 0 Å². The van der Waals surface area contributed by atoms with E-state index in [1.807, 2.05) is 0 Å². The predicted molar refractivity (Wildman–Crippen MR) is 62.6 cm³/mol. The number of aliphatic hydroxyl groups excluding tert-OH is 1. The first-order valence-electron chi connectivity index (χ1n) is 4.71. The van der Waals surface area contributed by atoms with Gasteiger partial charge >= 0.3 is 5.97 Å². The molecule has 1 aromatic heterocycles. The fraction of sp³-hybridized carbons (Fsp3) is 0.273. The number of nitrogens with one attached hydrogen (secondary N) is 1. The van der Waals surface area contributed by atoms with E-state index in [2.05, 4.69) is 21.9 Å². The number of esters is 1. The van der Waals surface area contributed by atoms with E-state index >= 15 is 0 Å². The number of amides is 1. The van der Waals surface area contributed by atoms with Crippen LogP contribution in [0.2, 0.25) is 0 Å². The van der Waals surface area contributed by atoms with Crippen LogP contribution in [0, 0.1) is 11.8 Å². The lowest BCUT2D eigenvalue weighted by atomic mass is 10.2. The second kappa shape index (κ2) is 6.68. The number of ether oxygens (including phenoxy) is 1. The van der Waals surface area contributed by atoms with Gasteiger partial charge < -0.3 is 15.2 Å². The van der Waals surface area contributed by atoms with Gasteiger partial charge in [-0.05, 0) is 11.4 Å². The topological polar surface area (TPSA) is 75.6 Å². The first-order valence-corrected chi connectivity index (χ1v) is 5.59. The third kappa shape index (κ3) is 3.90. The summed E-state index contributed by atoms with van der Waals surface area (Å²) in [5.41, 5.74) is 0.534. The third-order valence-corrected chi connectivity index (χ3v) is 2.71. The first kappa shape index (κ1) is 13.2. The number of hydrogen-bond acceptors (Lipinski definition) is 5. The molecule has 0 fully saturated rings. The van der Waals surface area contributed by atoms with Crippen LogP contribution in [-0.2, 0) is 9.53 Å². The largest absolute Gasteiger partial charge is 0.468 e. The van der Waals surface area contributed by atoms with Crippen molar-refractivity contribution in [3.8, 4) is 11.8 Å². The number of rotatable bonds is 3. The molecule has 0 aromatic carbocycles. The number of carbonyl (C=O) groups is 2. The van der Waals surface area contributed by atoms with Crippen molar-refractivity contribution in [2.75, 3.05) is 20.3 Å². The van der Waals surface area contributed by atoms with E-state index < -0.39 is 5.97 Å². The van der Waals surface area contributed by atoms with E-state index in [-0.39, 0.29) is 19.1 Å². The number of aliphatic hydroxyl groups is 1. The smallest absolute Gasteiger partial charge is 0.325 e. The van der Waals surface area contributed by atoms with Crippen LogP contribution in [0.3, 0.4) is 0 Å². The van der Waals surface area contributed by atoms with Gasteiger partial charge in [0.15, 0.2) is 0 Å². The monoisotopic (exact) mass is 253 g/mol. The lowest BCUT2D eigenvalue weighted by Gasteiger charge is -2.02. The van der Waals surface area contributed by atoms with E-state index in [4.69, 9.17) is 5.11 Å². The van der Waals surface area contributed by atoms with Crippen LogP contribution < -0.4 is 5.32 Å². The number of hydrogen-bond donors (Lipinski definition) is 2. The van der Waals surface area contributed by atoms with E-state index in [1.54, 1.807) is 11.4 Å². The normalized spacial score (nSPS) is 9.06. The van der Waals surface area contributed by atoms with Crippen molar-refractivity contribution in [3.63, 3.8) is 0 Å². The van der Waals surface area contributed by atoms with Gasteiger partial charge in [-0.3, -0.25) is 9.59 Å². The second-order valence-corrected chi connectivity index (χ2v) is 3.80. The van der Waals surface area contributed by atoms with E-state index in [1.165, 1.54) is 18.4 Å². The average molecular weight is 253 g/mol. The fourth-order valence-corrected chi connectivity index (χ4v) is 1.79. The molecule has 0 unspecified atom stereocenters. The zero-order valence-electron chi connectivity index (χ0n) is 9.15. The fourth-order valence-electron chi connectivity index (χ4n) is 1.02. The zero-order valence-corrected chi connectivity index (χ0v) is 9.97. The zero-order chi connectivity index (χ0) is 12.7. The Morgan fingerprint density at radius 1 is 1.59 bits per heavy atom. The minimum absolute atomic E-state index is 0.180. The van der Waals surface area contributed by atoms with Gasteiger partial charge in [-0.1, -0.05) is 11.8 Å². The van der Waals surface area contributed by atoms with Crippen molar-refractivity contribution in [1.82, 2.24) is 5.32 Å². The molecule has 17 heavy (non-hydrogen) atoms. The summed E-state index contributed by atoms with van der Waals surface area (Å²) in [6, 6.07) is 1.68. The quantitative estimate of drug-likeness (QED) is 0.587. The van der Waals surface area contributed by atoms with Crippen molar-refractivity contribution in [3.05, 3.63) is 21.9 Å². The molecule has 0 saturated carbocycles. The van der Waals surface area contributed by atoms with Gasteiger partial charge in [0.25, 0.3) is 5.91 Å². The summed E-state index contributed by atoms with van der Waals surface area (Å²) in [5.74, 6) is 4.22. The van der Waals surface area contributed by atoms with Gasteiger partial charge in [-0.2, -0.15) is 0 Å². The molecule has 0 radical (unpaired) electrons. The van der Waals surface area contributed by atoms with Crippen LogP contribution in [0.15, 0.2) is 11.4 Å². The molecule has 1 amide bonds. The second-order valence-electron chi connectivity index (χ2n) is 2.88. The highest BCUT2D eigenvalue weighted by Gasteiger charge is 2.12. The molecule has 0 saturated heterocycles. The average Bonchev–Trinajstić information content (AvgIpc) is 2.81. The Morgan fingerprint density at radius 3 is 3.00 bits per heavy atom. The molecule has 0 aliphatic heterocycles. The van der Waals surface area contributed by atoms with Crippen molar-refractivity contribution in [2.24, 2.45) is 0 Å². The summed E-state index contributed by atoms with van der Waals surface area (Å²) in [6.07, 6.45) is 0. The molecule has 0 spiro atoms. The molecule has 1 heterocycles. The van der Waals surface area contributed by atoms with Crippen LogP contribution in [0.1, 0.15) is 15.2 Å². The Balaban J connectivity index is 2.69. The SMILES string of the molecule is COC(=O)CNC(=O)c1sccc1C#CCO. The summed E-state index contributed by atoms with van der Waals surface area (Å²) >= 11 is 1.22. The first-order chi connectivity index (χ1) is 8.19. The van der Waals surface area contributed by atoms with Gasteiger partial charge in [0.2, 0.25) is 0 Å². The molecule has 0 aliphatic carbocycles. The summed E-state index contributed by atoms with van der Waals surface area (Å²) in [5, 5.41) is 12.7. The molecule has 5 nitrogen and oxygen atoms in total. The molecule has 90 valence electrons. The van der Waals surface area contributed by atoms with Crippen LogP contribution in [0.4, 0.5) is 0 Å². The maximum Gasteiger partial charge on any atom is 0.325 e. The maximum atomic E-state index is 11.7. The molecule has 0 aliphatic rings. The Morgan fingerprint density at radius 2 is 2.35 bits per heavy atom. The highest BCUT2D eigenvalue weighted by atomic mass is 32.1. The molecular formula is C11H11NO4S. The number of methoxy groups -OCH3 is 1. The Hall–Kier alpha value is -1.84. The lowest BCUT2D eigenvalue weighted by Crippen LogP contribution is -2.29. The highest BCUT2D eigenvalue weighted by Crippen LogP contribution is 2.15. The Bertz CT molecular complexity index is 469. The van der Waals surface area contributed by atoms with Crippen molar-refractivity contribution in [1.29, 1.82) is 0 Å². The Kier molecular flexibility index (Phi) is 5.20. The van der Waals surface area contributed by atoms with Crippen molar-refractivity contribution in [2.45, 2.75) is 0 Å². The molecular weight excluding hydrogens is 242 g/mol. The molecule has 2 N–H and O–H groups in total. The van der Waals surface area contributed by atoms with E-state index in [9.17, 15) is 9.59 Å². The van der Waals surface area contributed by atoms with E-state index in [0.717, 1.165) is 0 Å². The third-order valence-electron chi connectivity index (χ3n) is 1.79. The molecule has 1 rings (SSSR count). The summed E-state index contributed by atoms with van der Waals surface area (Å²) in [6.45, 7) is -0.445. The van der Waals surface area contributed by atoms with E-state index in [0.29, 0.717) is 10.4 Å².